The van der Waals surface area contributed by atoms with Gasteiger partial charge in [0, 0.05) is 34.3 Å². The molecule has 222 valence electrons. The first kappa shape index (κ1) is 30.6. The van der Waals surface area contributed by atoms with Crippen molar-refractivity contribution in [2.45, 2.75) is 33.4 Å². The van der Waals surface area contributed by atoms with E-state index in [1.807, 2.05) is 81.4 Å². The molecule has 43 heavy (non-hydrogen) atoms. The molecule has 7 nitrogen and oxygen atoms in total. The molecule has 10 heteroatoms. The second-order valence-electron chi connectivity index (χ2n) is 9.90. The number of fused-ring (bicyclic) bond motifs is 1. The summed E-state index contributed by atoms with van der Waals surface area (Å²) in [5.74, 6) is 1.07. The molecule has 0 saturated heterocycles. The van der Waals surface area contributed by atoms with Crippen molar-refractivity contribution in [3.8, 4) is 11.5 Å². The molecule has 1 aliphatic heterocycles. The minimum absolute atomic E-state index is 0.151. The molecule has 3 aromatic carbocycles. The van der Waals surface area contributed by atoms with E-state index in [0.717, 1.165) is 16.7 Å². The molecule has 4 aromatic rings. The van der Waals surface area contributed by atoms with E-state index in [1.54, 1.807) is 28.7 Å². The zero-order chi connectivity index (χ0) is 30.7. The zero-order valence-corrected chi connectivity index (χ0v) is 26.6. The Morgan fingerprint density at radius 1 is 1.07 bits per heavy atom. The van der Waals surface area contributed by atoms with Gasteiger partial charge in [0.05, 0.1) is 22.9 Å². The van der Waals surface area contributed by atoms with Gasteiger partial charge in [-0.25, -0.2) is 4.99 Å². The highest BCUT2D eigenvalue weighted by atomic mass is 35.5. The molecule has 5 rings (SSSR count). The molecular weight excluding hydrogens is 605 g/mol. The number of halogens is 2. The highest BCUT2D eigenvalue weighted by Gasteiger charge is 2.35. The van der Waals surface area contributed by atoms with Gasteiger partial charge < -0.3 is 14.4 Å². The number of hydrogen-bond donors (Lipinski definition) is 0. The minimum Gasteiger partial charge on any atom is -0.496 e. The molecule has 1 atom stereocenters. The fourth-order valence-electron chi connectivity index (χ4n) is 5.11. The van der Waals surface area contributed by atoms with Crippen molar-refractivity contribution in [1.82, 2.24) is 9.47 Å². The van der Waals surface area contributed by atoms with Crippen LogP contribution in [0.3, 0.4) is 0 Å². The Bertz CT molecular complexity index is 1890. The first-order valence-corrected chi connectivity index (χ1v) is 15.4. The van der Waals surface area contributed by atoms with Gasteiger partial charge in [0.25, 0.3) is 11.5 Å². The molecule has 0 unspecified atom stereocenters. The third-order valence-corrected chi connectivity index (χ3v) is 8.87. The highest BCUT2D eigenvalue weighted by Crippen LogP contribution is 2.36. The molecule has 0 radical (unpaired) electrons. The van der Waals surface area contributed by atoms with Crippen LogP contribution in [0, 0.1) is 0 Å². The van der Waals surface area contributed by atoms with Gasteiger partial charge in [-0.2, -0.15) is 0 Å². The number of para-hydroxylation sites is 1. The average molecular weight is 637 g/mol. The number of benzene rings is 3. The summed E-state index contributed by atoms with van der Waals surface area (Å²) in [6.07, 6.45) is 1.82. The van der Waals surface area contributed by atoms with E-state index in [-0.39, 0.29) is 18.1 Å². The van der Waals surface area contributed by atoms with Crippen LogP contribution in [0.25, 0.3) is 6.08 Å². The lowest BCUT2D eigenvalue weighted by molar-refractivity contribution is -0.127. The number of aromatic nitrogens is 1. The minimum atomic E-state index is -0.693. The van der Waals surface area contributed by atoms with Gasteiger partial charge in [-0.1, -0.05) is 70.9 Å². The van der Waals surface area contributed by atoms with Gasteiger partial charge >= 0.3 is 0 Å². The molecule has 0 N–H and O–H groups in total. The summed E-state index contributed by atoms with van der Waals surface area (Å²) in [7, 11) is 1.58. The second kappa shape index (κ2) is 13.2. The number of hydrogen-bond acceptors (Lipinski definition) is 6. The first-order valence-electron chi connectivity index (χ1n) is 13.9. The third kappa shape index (κ3) is 6.27. The van der Waals surface area contributed by atoms with E-state index in [2.05, 4.69) is 0 Å². The largest absolute Gasteiger partial charge is 0.496 e. The van der Waals surface area contributed by atoms with Crippen molar-refractivity contribution in [2.75, 3.05) is 20.2 Å². The third-order valence-electron chi connectivity index (χ3n) is 7.30. The maximum absolute atomic E-state index is 14.1. The van der Waals surface area contributed by atoms with Crippen LogP contribution in [0.5, 0.6) is 11.5 Å². The maximum Gasteiger partial charge on any atom is 0.271 e. The SMILES string of the molecule is CCN(CC)C(=O)C1=C(C)N=c2s/c(=C/c3cccc(OCc4ccc(Cl)cc4Cl)c3)c(=O)n2[C@H]1c1ccccc1OC. The van der Waals surface area contributed by atoms with E-state index in [1.165, 1.54) is 11.3 Å². The van der Waals surface area contributed by atoms with Crippen LogP contribution in [-0.4, -0.2) is 35.6 Å². The van der Waals surface area contributed by atoms with Crippen LogP contribution >= 0.6 is 34.5 Å². The molecule has 1 amide bonds. The topological polar surface area (TPSA) is 73.1 Å². The van der Waals surface area contributed by atoms with Crippen molar-refractivity contribution in [1.29, 1.82) is 0 Å². The predicted molar refractivity (Wildman–Crippen MR) is 172 cm³/mol. The quantitative estimate of drug-likeness (QED) is 0.226. The Hall–Kier alpha value is -3.85. The first-order chi connectivity index (χ1) is 20.7. The molecule has 0 fully saturated rings. The van der Waals surface area contributed by atoms with Gasteiger partial charge in [0.1, 0.15) is 24.1 Å². The maximum atomic E-state index is 14.1. The van der Waals surface area contributed by atoms with E-state index in [9.17, 15) is 9.59 Å². The Labute approximate surface area is 263 Å². The van der Waals surface area contributed by atoms with E-state index in [0.29, 0.717) is 55.2 Å². The molecule has 0 bridgehead atoms. The molecule has 0 saturated carbocycles. The van der Waals surface area contributed by atoms with Gasteiger partial charge in [-0.05, 0) is 62.7 Å². The Kier molecular flexibility index (Phi) is 9.40. The van der Waals surface area contributed by atoms with Gasteiger partial charge in [-0.3, -0.25) is 14.2 Å². The number of allylic oxidation sites excluding steroid dienone is 1. The molecule has 2 heterocycles. The van der Waals surface area contributed by atoms with Crippen LogP contribution < -0.4 is 24.4 Å². The van der Waals surface area contributed by atoms with Crippen molar-refractivity contribution in [3.05, 3.63) is 124 Å². The summed E-state index contributed by atoms with van der Waals surface area (Å²) in [6, 6.07) is 19.5. The number of nitrogens with zero attached hydrogens (tertiary/aromatic N) is 3. The van der Waals surface area contributed by atoms with E-state index >= 15 is 0 Å². The van der Waals surface area contributed by atoms with Crippen LogP contribution in [-0.2, 0) is 11.4 Å². The Morgan fingerprint density at radius 2 is 1.84 bits per heavy atom. The Morgan fingerprint density at radius 3 is 2.56 bits per heavy atom. The lowest BCUT2D eigenvalue weighted by Gasteiger charge is -2.29. The fourth-order valence-corrected chi connectivity index (χ4v) is 6.62. The second-order valence-corrected chi connectivity index (χ2v) is 11.8. The molecular formula is C33H31Cl2N3O4S. The summed E-state index contributed by atoms with van der Waals surface area (Å²) in [5.41, 5.74) is 3.12. The van der Waals surface area contributed by atoms with Gasteiger partial charge in [0.15, 0.2) is 4.80 Å². The van der Waals surface area contributed by atoms with Crippen LogP contribution in [0.2, 0.25) is 10.0 Å². The number of methoxy groups -OCH3 is 1. The fraction of sp³-hybridized carbons (Fsp3) is 0.242. The Balaban J connectivity index is 1.57. The van der Waals surface area contributed by atoms with Gasteiger partial charge in [-0.15, -0.1) is 0 Å². The van der Waals surface area contributed by atoms with Crippen molar-refractivity contribution in [3.63, 3.8) is 0 Å². The number of likely N-dealkylation sites (N-methyl/N-ethyl adjacent to an activating group) is 1. The lowest BCUT2D eigenvalue weighted by Crippen LogP contribution is -2.43. The zero-order valence-electron chi connectivity index (χ0n) is 24.3. The van der Waals surface area contributed by atoms with E-state index < -0.39 is 6.04 Å². The smallest absolute Gasteiger partial charge is 0.271 e. The monoisotopic (exact) mass is 635 g/mol. The summed E-state index contributed by atoms with van der Waals surface area (Å²) >= 11 is 13.6. The summed E-state index contributed by atoms with van der Waals surface area (Å²) in [4.78, 5) is 34.9. The van der Waals surface area contributed by atoms with Crippen molar-refractivity contribution < 1.29 is 14.3 Å². The van der Waals surface area contributed by atoms with Crippen molar-refractivity contribution >= 4 is 46.5 Å². The number of amides is 1. The number of ether oxygens (including phenoxy) is 2. The average Bonchev–Trinajstić information content (AvgIpc) is 3.30. The number of rotatable bonds is 9. The normalized spacial score (nSPS) is 14.7. The van der Waals surface area contributed by atoms with Gasteiger partial charge in [0.2, 0.25) is 0 Å². The number of thiazole rings is 1. The van der Waals surface area contributed by atoms with Crippen molar-refractivity contribution in [2.24, 2.45) is 4.99 Å². The summed E-state index contributed by atoms with van der Waals surface area (Å²) in [6.45, 7) is 7.04. The molecule has 0 aliphatic carbocycles. The van der Waals surface area contributed by atoms with E-state index in [4.69, 9.17) is 37.7 Å². The number of carbonyl (C=O) groups is 1. The van der Waals surface area contributed by atoms with Crippen LogP contribution in [0.1, 0.15) is 43.5 Å². The van der Waals surface area contributed by atoms with Crippen LogP contribution in [0.15, 0.2) is 87.8 Å². The lowest BCUT2D eigenvalue weighted by atomic mass is 9.94. The standard InChI is InChI=1S/C33H31Cl2N3O4S/c1-5-37(6-2)32(40)29-20(3)36-33-38(30(29)25-12-7-8-13-27(25)41-4)31(39)28(43-33)17-21-10-9-11-24(16-21)42-19-22-14-15-23(34)18-26(22)35/h7-18,30H,5-6,19H2,1-4H3/b28-17+/t30-/m0/s1. The molecule has 1 aliphatic rings. The number of carbonyl (C=O) groups excluding carboxylic acids is 1. The molecule has 1 aromatic heterocycles. The predicted octanol–water partition coefficient (Wildman–Crippen LogP) is 6.00. The summed E-state index contributed by atoms with van der Waals surface area (Å²) < 4.78 is 13.8. The molecule has 0 spiro atoms. The summed E-state index contributed by atoms with van der Waals surface area (Å²) in [5, 5.41) is 1.09. The van der Waals surface area contributed by atoms with Crippen LogP contribution in [0.4, 0.5) is 0 Å². The highest BCUT2D eigenvalue weighted by molar-refractivity contribution is 7.07.